The predicted octanol–water partition coefficient (Wildman–Crippen LogP) is 4.48. The van der Waals surface area contributed by atoms with Crippen LogP contribution in [0.1, 0.15) is 44.1 Å². The number of hydrazone groups is 1. The van der Waals surface area contributed by atoms with Crippen molar-refractivity contribution in [2.75, 3.05) is 30.5 Å². The van der Waals surface area contributed by atoms with Crippen LogP contribution < -0.4 is 14.9 Å². The number of sulfonamides is 1. The summed E-state index contributed by atoms with van der Waals surface area (Å²) in [5.41, 5.74) is 1.36. The van der Waals surface area contributed by atoms with E-state index in [4.69, 9.17) is 27.3 Å². The van der Waals surface area contributed by atoms with E-state index in [-0.39, 0.29) is 22.9 Å². The van der Waals surface area contributed by atoms with Gasteiger partial charge in [-0.1, -0.05) is 30.2 Å². The van der Waals surface area contributed by atoms with Crippen molar-refractivity contribution >= 4 is 39.6 Å². The molecule has 0 aromatic heterocycles. The lowest BCUT2D eigenvalue weighted by Gasteiger charge is -2.30. The van der Waals surface area contributed by atoms with E-state index in [1.54, 1.807) is 30.6 Å². The van der Waals surface area contributed by atoms with Crippen LogP contribution in [0.4, 0.5) is 5.69 Å². The lowest BCUT2D eigenvalue weighted by Crippen LogP contribution is -2.35. The summed E-state index contributed by atoms with van der Waals surface area (Å²) in [5, 5.41) is 12.6. The highest BCUT2D eigenvalue weighted by molar-refractivity contribution is 7.93. The van der Waals surface area contributed by atoms with Crippen LogP contribution in [0.15, 0.2) is 52.5 Å². The molecule has 1 aliphatic heterocycles. The van der Waals surface area contributed by atoms with Crippen molar-refractivity contribution in [2.45, 2.75) is 50.3 Å². The first-order valence-electron chi connectivity index (χ1n) is 12.4. The highest BCUT2D eigenvalue weighted by Crippen LogP contribution is 2.32. The van der Waals surface area contributed by atoms with Gasteiger partial charge >= 0.3 is 5.97 Å². The molecule has 202 valence electrons. The number of hydrogen-bond acceptors (Lipinski definition) is 6. The molecular formula is C26H35ClN4O5S. The number of likely N-dealkylation sites (tertiary alicyclic amines) is 1. The van der Waals surface area contributed by atoms with E-state index in [0.29, 0.717) is 43.2 Å². The van der Waals surface area contributed by atoms with E-state index >= 15 is 0 Å². The van der Waals surface area contributed by atoms with Crippen LogP contribution in [0.3, 0.4) is 0 Å². The third-order valence-corrected chi connectivity index (χ3v) is 8.67. The summed E-state index contributed by atoms with van der Waals surface area (Å²) in [6.45, 7) is 4.34. The van der Waals surface area contributed by atoms with Crippen molar-refractivity contribution in [1.29, 1.82) is 0 Å². The zero-order valence-electron chi connectivity index (χ0n) is 21.1. The van der Waals surface area contributed by atoms with Gasteiger partial charge in [-0.15, -0.1) is 0 Å². The van der Waals surface area contributed by atoms with E-state index in [1.807, 2.05) is 19.1 Å². The van der Waals surface area contributed by atoms with Crippen molar-refractivity contribution in [1.82, 2.24) is 4.90 Å². The highest BCUT2D eigenvalue weighted by atomic mass is 35.5. The summed E-state index contributed by atoms with van der Waals surface area (Å²) >= 11 is 6.27. The lowest BCUT2D eigenvalue weighted by molar-refractivity contribution is -0.137. The number of aliphatic carboxylic acids is 1. The van der Waals surface area contributed by atoms with E-state index in [1.165, 1.54) is 10.4 Å². The Bertz CT molecular complexity index is 1180. The van der Waals surface area contributed by atoms with Crippen LogP contribution in [0.25, 0.3) is 0 Å². The molecule has 11 heteroatoms. The number of ether oxygens (including phenoxy) is 1. The van der Waals surface area contributed by atoms with E-state index < -0.39 is 16.0 Å². The summed E-state index contributed by atoms with van der Waals surface area (Å²) in [7, 11) is -3.97. The molecule has 0 aliphatic carbocycles. The second-order valence-electron chi connectivity index (χ2n) is 9.27. The van der Waals surface area contributed by atoms with Gasteiger partial charge in [0, 0.05) is 32.1 Å². The molecule has 1 saturated heterocycles. The number of carbonyl (C=O) groups is 1. The maximum Gasteiger partial charge on any atom is 0.303 e. The number of hydrogen-bond donors (Lipinski definition) is 2. The topological polar surface area (TPSA) is 126 Å². The largest absolute Gasteiger partial charge is 0.493 e. The Hall–Kier alpha value is -2.98. The molecule has 2 aromatic rings. The minimum absolute atomic E-state index is 0.0268. The summed E-state index contributed by atoms with van der Waals surface area (Å²) in [6.07, 6.45) is 5.18. The summed E-state index contributed by atoms with van der Waals surface area (Å²) in [4.78, 5) is 13.0. The first kappa shape index (κ1) is 28.6. The minimum Gasteiger partial charge on any atom is -0.493 e. The van der Waals surface area contributed by atoms with Crippen LogP contribution in [-0.2, 0) is 14.8 Å². The number of rotatable bonds is 13. The van der Waals surface area contributed by atoms with Gasteiger partial charge in [0.15, 0.2) is 0 Å². The standard InChI is InChI=1S/C26H35ClN4O5S/c1-20-15-22(17-23(16-20)36-18-21-10-13-30(14-11-21)19-29-28)31(12-6-2-3-9-26(32)33)37(34,35)25-8-5-4-7-24(25)27/h4-5,7-8,15-17,19,21H,2-3,6,9-14,18,28H2,1H3,(H,32,33)/b29-19-. The number of benzene rings is 2. The molecule has 0 radical (unpaired) electrons. The van der Waals surface area contributed by atoms with Crippen molar-refractivity contribution in [2.24, 2.45) is 16.9 Å². The molecule has 3 N–H and O–H groups in total. The van der Waals surface area contributed by atoms with Gasteiger partial charge in [0.05, 0.1) is 17.3 Å². The Morgan fingerprint density at radius 2 is 1.95 bits per heavy atom. The summed E-state index contributed by atoms with van der Waals surface area (Å²) < 4.78 is 34.9. The molecule has 37 heavy (non-hydrogen) atoms. The SMILES string of the molecule is Cc1cc(OCC2CCN(/C=N\N)CC2)cc(N(CCCCCC(=O)O)S(=O)(=O)c2ccccc2Cl)c1. The van der Waals surface area contributed by atoms with E-state index in [2.05, 4.69) is 10.0 Å². The molecule has 0 unspecified atom stereocenters. The molecule has 3 rings (SSSR count). The third kappa shape index (κ3) is 8.26. The number of carboxylic acid groups (broad SMARTS) is 1. The number of anilines is 1. The number of piperidine rings is 1. The lowest BCUT2D eigenvalue weighted by atomic mass is 9.98. The van der Waals surface area contributed by atoms with Crippen molar-refractivity contribution < 1.29 is 23.1 Å². The number of nitrogens with zero attached hydrogens (tertiary/aromatic N) is 3. The Morgan fingerprint density at radius 1 is 1.22 bits per heavy atom. The van der Waals surface area contributed by atoms with Crippen LogP contribution in [-0.4, -0.2) is 57.0 Å². The Labute approximate surface area is 223 Å². The first-order chi connectivity index (χ1) is 17.7. The maximum atomic E-state index is 13.7. The van der Waals surface area contributed by atoms with Crippen LogP contribution in [0, 0.1) is 12.8 Å². The smallest absolute Gasteiger partial charge is 0.303 e. The van der Waals surface area contributed by atoms with Gasteiger partial charge in [-0.25, -0.2) is 8.42 Å². The Kier molecular flexibility index (Phi) is 10.5. The first-order valence-corrected chi connectivity index (χ1v) is 14.2. The summed E-state index contributed by atoms with van der Waals surface area (Å²) in [6, 6.07) is 11.8. The molecule has 1 aliphatic rings. The molecular weight excluding hydrogens is 516 g/mol. The quantitative estimate of drug-likeness (QED) is 0.124. The Morgan fingerprint density at radius 3 is 2.62 bits per heavy atom. The Balaban J connectivity index is 1.79. The second-order valence-corrected chi connectivity index (χ2v) is 11.5. The fourth-order valence-corrected chi connectivity index (χ4v) is 6.35. The third-order valence-electron chi connectivity index (χ3n) is 6.34. The van der Waals surface area contributed by atoms with Crippen molar-refractivity contribution in [3.63, 3.8) is 0 Å². The fourth-order valence-electron chi connectivity index (χ4n) is 4.37. The normalized spacial score (nSPS) is 14.7. The van der Waals surface area contributed by atoms with E-state index in [0.717, 1.165) is 31.5 Å². The number of nitrogens with two attached hydrogens (primary N) is 1. The van der Waals surface area contributed by atoms with Gasteiger partial charge in [0.1, 0.15) is 17.0 Å². The molecule has 9 nitrogen and oxygen atoms in total. The van der Waals surface area contributed by atoms with Gasteiger partial charge in [0.2, 0.25) is 0 Å². The van der Waals surface area contributed by atoms with Crippen LogP contribution in [0.2, 0.25) is 5.02 Å². The molecule has 0 saturated carbocycles. The minimum atomic E-state index is -3.97. The maximum absolute atomic E-state index is 13.7. The van der Waals surface area contributed by atoms with Gasteiger partial charge in [0.25, 0.3) is 10.0 Å². The average Bonchev–Trinajstić information content (AvgIpc) is 2.85. The molecule has 0 bridgehead atoms. The van der Waals surface area contributed by atoms with Gasteiger partial charge < -0.3 is 20.6 Å². The molecule has 0 spiro atoms. The summed E-state index contributed by atoms with van der Waals surface area (Å²) in [5.74, 6) is 5.36. The molecule has 1 heterocycles. The van der Waals surface area contributed by atoms with Crippen molar-refractivity contribution in [3.05, 3.63) is 53.1 Å². The average molecular weight is 551 g/mol. The number of halogens is 1. The van der Waals surface area contributed by atoms with Gasteiger partial charge in [-0.3, -0.25) is 9.10 Å². The van der Waals surface area contributed by atoms with Crippen LogP contribution >= 0.6 is 11.6 Å². The molecule has 2 aromatic carbocycles. The zero-order chi connectivity index (χ0) is 26.8. The zero-order valence-corrected chi connectivity index (χ0v) is 22.6. The van der Waals surface area contributed by atoms with Crippen molar-refractivity contribution in [3.8, 4) is 5.75 Å². The number of carboxylic acids is 1. The number of unbranched alkanes of at least 4 members (excludes halogenated alkanes) is 2. The van der Waals surface area contributed by atoms with Gasteiger partial charge in [-0.2, -0.15) is 5.10 Å². The monoisotopic (exact) mass is 550 g/mol. The van der Waals surface area contributed by atoms with Gasteiger partial charge in [-0.05, 0) is 68.4 Å². The number of aryl methyl sites for hydroxylation is 1. The highest BCUT2D eigenvalue weighted by Gasteiger charge is 2.27. The van der Waals surface area contributed by atoms with Crippen LogP contribution in [0.5, 0.6) is 5.75 Å². The molecule has 1 fully saturated rings. The molecule has 0 amide bonds. The predicted molar refractivity (Wildman–Crippen MR) is 146 cm³/mol. The molecule has 0 atom stereocenters. The van der Waals surface area contributed by atoms with E-state index in [9.17, 15) is 13.2 Å². The second kappa shape index (κ2) is 13.5. The fraction of sp³-hybridized carbons (Fsp3) is 0.462.